The second-order valence-corrected chi connectivity index (χ2v) is 5.33. The standard InChI is InChI=1S/C16H26N2/c1-3-4-7-10-17-11-12-18-14(2)13-15-8-5-6-9-16(15)18/h5-6,8-9,14,17H,3-4,7,10-13H2,1-2H3. The predicted octanol–water partition coefficient (Wildman–Crippen LogP) is 3.22. The van der Waals surface area contributed by atoms with Crippen molar-refractivity contribution in [2.45, 2.75) is 45.6 Å². The fourth-order valence-electron chi connectivity index (χ4n) is 2.79. The van der Waals surface area contributed by atoms with Crippen molar-refractivity contribution in [2.24, 2.45) is 0 Å². The van der Waals surface area contributed by atoms with Crippen LogP contribution in [-0.4, -0.2) is 25.7 Å². The van der Waals surface area contributed by atoms with Crippen molar-refractivity contribution in [3.8, 4) is 0 Å². The second-order valence-electron chi connectivity index (χ2n) is 5.33. The van der Waals surface area contributed by atoms with Gasteiger partial charge in [-0.15, -0.1) is 0 Å². The van der Waals surface area contributed by atoms with Crippen molar-refractivity contribution < 1.29 is 0 Å². The van der Waals surface area contributed by atoms with Crippen molar-refractivity contribution in [1.82, 2.24) is 5.32 Å². The molecule has 1 atom stereocenters. The average Bonchev–Trinajstić information content (AvgIpc) is 2.70. The van der Waals surface area contributed by atoms with Gasteiger partial charge in [0.2, 0.25) is 0 Å². The van der Waals surface area contributed by atoms with Crippen molar-refractivity contribution >= 4 is 5.69 Å². The van der Waals surface area contributed by atoms with Gasteiger partial charge < -0.3 is 10.2 Å². The van der Waals surface area contributed by atoms with Crippen molar-refractivity contribution in [2.75, 3.05) is 24.5 Å². The lowest BCUT2D eigenvalue weighted by atomic mass is 10.1. The Morgan fingerprint density at radius 1 is 1.22 bits per heavy atom. The quantitative estimate of drug-likeness (QED) is 0.743. The molecule has 18 heavy (non-hydrogen) atoms. The molecule has 1 aromatic carbocycles. The van der Waals surface area contributed by atoms with E-state index in [1.165, 1.54) is 36.9 Å². The summed E-state index contributed by atoms with van der Waals surface area (Å²) in [6, 6.07) is 9.48. The number of unbranched alkanes of at least 4 members (excludes halogenated alkanes) is 2. The van der Waals surface area contributed by atoms with Crippen LogP contribution in [0.3, 0.4) is 0 Å². The van der Waals surface area contributed by atoms with Gasteiger partial charge in [0.05, 0.1) is 0 Å². The Balaban J connectivity index is 1.76. The smallest absolute Gasteiger partial charge is 0.0402 e. The van der Waals surface area contributed by atoms with Crippen LogP contribution in [0.15, 0.2) is 24.3 Å². The third-order valence-corrected chi connectivity index (χ3v) is 3.84. The molecule has 2 nitrogen and oxygen atoms in total. The van der Waals surface area contributed by atoms with E-state index in [4.69, 9.17) is 0 Å². The number of fused-ring (bicyclic) bond motifs is 1. The lowest BCUT2D eigenvalue weighted by Gasteiger charge is -2.25. The number of para-hydroxylation sites is 1. The number of hydrogen-bond donors (Lipinski definition) is 1. The minimum absolute atomic E-state index is 0.653. The third-order valence-electron chi connectivity index (χ3n) is 3.84. The molecule has 100 valence electrons. The molecule has 0 aliphatic carbocycles. The predicted molar refractivity (Wildman–Crippen MR) is 79.3 cm³/mol. The summed E-state index contributed by atoms with van der Waals surface area (Å²) in [7, 11) is 0. The summed E-state index contributed by atoms with van der Waals surface area (Å²) in [5, 5.41) is 3.56. The molecule has 0 amide bonds. The van der Waals surface area contributed by atoms with E-state index in [1.807, 2.05) is 0 Å². The highest BCUT2D eigenvalue weighted by Gasteiger charge is 2.24. The number of nitrogens with zero attached hydrogens (tertiary/aromatic N) is 1. The molecule has 1 aliphatic rings. The molecular formula is C16H26N2. The van der Waals surface area contributed by atoms with Crippen LogP contribution in [0.25, 0.3) is 0 Å². The Labute approximate surface area is 111 Å². The van der Waals surface area contributed by atoms with Crippen LogP contribution < -0.4 is 10.2 Å². The van der Waals surface area contributed by atoms with Gasteiger partial charge >= 0.3 is 0 Å². The minimum Gasteiger partial charge on any atom is -0.367 e. The Morgan fingerprint density at radius 3 is 2.89 bits per heavy atom. The average molecular weight is 246 g/mol. The number of nitrogens with one attached hydrogen (secondary N) is 1. The van der Waals surface area contributed by atoms with Gasteiger partial charge in [0.15, 0.2) is 0 Å². The first-order valence-electron chi connectivity index (χ1n) is 7.38. The summed E-state index contributed by atoms with van der Waals surface area (Å²) in [4.78, 5) is 2.54. The summed E-state index contributed by atoms with van der Waals surface area (Å²) in [5.74, 6) is 0. The zero-order chi connectivity index (χ0) is 12.8. The fourth-order valence-corrected chi connectivity index (χ4v) is 2.79. The maximum absolute atomic E-state index is 3.56. The number of hydrogen-bond acceptors (Lipinski definition) is 2. The monoisotopic (exact) mass is 246 g/mol. The number of benzene rings is 1. The van der Waals surface area contributed by atoms with Crippen LogP contribution in [-0.2, 0) is 6.42 Å². The molecule has 1 aliphatic heterocycles. The largest absolute Gasteiger partial charge is 0.367 e. The third kappa shape index (κ3) is 3.26. The lowest BCUT2D eigenvalue weighted by molar-refractivity contribution is 0.589. The summed E-state index contributed by atoms with van der Waals surface area (Å²) < 4.78 is 0. The molecule has 1 aromatic rings. The Morgan fingerprint density at radius 2 is 2.06 bits per heavy atom. The summed E-state index contributed by atoms with van der Waals surface area (Å²) in [6.45, 7) is 7.98. The van der Waals surface area contributed by atoms with E-state index in [0.717, 1.165) is 19.6 Å². The normalized spacial score (nSPS) is 18.1. The molecule has 1 heterocycles. The highest BCUT2D eigenvalue weighted by Crippen LogP contribution is 2.30. The first kappa shape index (κ1) is 13.4. The summed E-state index contributed by atoms with van der Waals surface area (Å²) in [5.41, 5.74) is 2.95. The molecule has 0 fully saturated rings. The van der Waals surface area contributed by atoms with Crippen LogP contribution in [0.1, 0.15) is 38.7 Å². The van der Waals surface area contributed by atoms with Gasteiger partial charge in [-0.1, -0.05) is 38.0 Å². The zero-order valence-electron chi connectivity index (χ0n) is 11.8. The second kappa shape index (κ2) is 6.79. The highest BCUT2D eigenvalue weighted by atomic mass is 15.2. The van der Waals surface area contributed by atoms with E-state index in [9.17, 15) is 0 Å². The van der Waals surface area contributed by atoms with Crippen molar-refractivity contribution in [3.05, 3.63) is 29.8 Å². The van der Waals surface area contributed by atoms with E-state index in [1.54, 1.807) is 0 Å². The lowest BCUT2D eigenvalue weighted by Crippen LogP contribution is -2.36. The maximum Gasteiger partial charge on any atom is 0.0402 e. The Bertz CT molecular complexity index is 362. The van der Waals surface area contributed by atoms with Crippen molar-refractivity contribution in [1.29, 1.82) is 0 Å². The van der Waals surface area contributed by atoms with Crippen LogP contribution in [0, 0.1) is 0 Å². The van der Waals surface area contributed by atoms with Crippen LogP contribution in [0.5, 0.6) is 0 Å². The van der Waals surface area contributed by atoms with E-state index in [2.05, 4.69) is 48.3 Å². The fraction of sp³-hybridized carbons (Fsp3) is 0.625. The summed E-state index contributed by atoms with van der Waals surface area (Å²) in [6.07, 6.45) is 5.16. The van der Waals surface area contributed by atoms with Crippen LogP contribution in [0.2, 0.25) is 0 Å². The van der Waals surface area contributed by atoms with Gasteiger partial charge in [-0.05, 0) is 37.9 Å². The molecule has 1 N–H and O–H groups in total. The van der Waals surface area contributed by atoms with Gasteiger partial charge in [0, 0.05) is 24.8 Å². The molecule has 0 spiro atoms. The molecule has 0 radical (unpaired) electrons. The van der Waals surface area contributed by atoms with Gasteiger partial charge in [-0.2, -0.15) is 0 Å². The van der Waals surface area contributed by atoms with Gasteiger partial charge in [0.1, 0.15) is 0 Å². The Hall–Kier alpha value is -1.02. The molecule has 1 unspecified atom stereocenters. The molecule has 2 rings (SSSR count). The van der Waals surface area contributed by atoms with E-state index in [0.29, 0.717) is 6.04 Å². The molecular weight excluding hydrogens is 220 g/mol. The van der Waals surface area contributed by atoms with Crippen LogP contribution >= 0.6 is 0 Å². The van der Waals surface area contributed by atoms with Crippen molar-refractivity contribution in [3.63, 3.8) is 0 Å². The van der Waals surface area contributed by atoms with E-state index >= 15 is 0 Å². The SMILES string of the molecule is CCCCCNCCN1c2ccccc2CC1C. The molecule has 2 heteroatoms. The van der Waals surface area contributed by atoms with E-state index < -0.39 is 0 Å². The van der Waals surface area contributed by atoms with Gasteiger partial charge in [-0.3, -0.25) is 0 Å². The van der Waals surface area contributed by atoms with Gasteiger partial charge in [-0.25, -0.2) is 0 Å². The van der Waals surface area contributed by atoms with E-state index in [-0.39, 0.29) is 0 Å². The maximum atomic E-state index is 3.56. The van der Waals surface area contributed by atoms with Gasteiger partial charge in [0.25, 0.3) is 0 Å². The topological polar surface area (TPSA) is 15.3 Å². The first-order chi connectivity index (χ1) is 8.83. The molecule has 0 bridgehead atoms. The molecule has 0 saturated heterocycles. The van der Waals surface area contributed by atoms with Crippen LogP contribution in [0.4, 0.5) is 5.69 Å². The number of anilines is 1. The molecule has 0 saturated carbocycles. The molecule has 0 aromatic heterocycles. The Kier molecular flexibility index (Phi) is 5.06. The summed E-state index contributed by atoms with van der Waals surface area (Å²) >= 11 is 0. The highest BCUT2D eigenvalue weighted by molar-refractivity contribution is 5.59. The first-order valence-corrected chi connectivity index (χ1v) is 7.38. The minimum atomic E-state index is 0.653. The zero-order valence-corrected chi connectivity index (χ0v) is 11.8. The number of rotatable bonds is 7.